The Labute approximate surface area is 107 Å². The Hall–Kier alpha value is -1.62. The Morgan fingerprint density at radius 2 is 2.39 bits per heavy atom. The molecule has 2 unspecified atom stereocenters. The van der Waals surface area contributed by atoms with Gasteiger partial charge < -0.3 is 15.4 Å². The van der Waals surface area contributed by atoms with Crippen molar-refractivity contribution in [2.45, 2.75) is 19.4 Å². The van der Waals surface area contributed by atoms with E-state index in [-0.39, 0.29) is 12.0 Å². The van der Waals surface area contributed by atoms with Gasteiger partial charge in [-0.25, -0.2) is 4.98 Å². The molecule has 1 amide bonds. The van der Waals surface area contributed by atoms with Crippen LogP contribution in [0.4, 0.5) is 5.69 Å². The second-order valence-electron chi connectivity index (χ2n) is 4.52. The first-order valence-corrected chi connectivity index (χ1v) is 6.24. The summed E-state index contributed by atoms with van der Waals surface area (Å²) in [7, 11) is 1.82. The van der Waals surface area contributed by atoms with Crippen LogP contribution < -0.4 is 10.6 Å². The molecule has 2 rings (SSSR count). The topological polar surface area (TPSA) is 63.2 Å². The van der Waals surface area contributed by atoms with Crippen molar-refractivity contribution in [3.05, 3.63) is 24.0 Å². The van der Waals surface area contributed by atoms with Crippen molar-refractivity contribution in [3.8, 4) is 0 Å². The minimum Gasteiger partial charge on any atom is -0.387 e. The number of anilines is 1. The third-order valence-corrected chi connectivity index (χ3v) is 3.34. The molecule has 0 spiro atoms. The summed E-state index contributed by atoms with van der Waals surface area (Å²) in [5.41, 5.74) is 1.34. The molecule has 2 N–H and O–H groups in total. The van der Waals surface area contributed by atoms with E-state index in [1.165, 1.54) is 0 Å². The van der Waals surface area contributed by atoms with Gasteiger partial charge in [-0.05, 0) is 25.5 Å². The Morgan fingerprint density at radius 1 is 1.56 bits per heavy atom. The molecule has 2 atom stereocenters. The molecule has 1 aromatic heterocycles. The molecule has 18 heavy (non-hydrogen) atoms. The molecule has 1 saturated heterocycles. The first-order chi connectivity index (χ1) is 8.70. The lowest BCUT2D eigenvalue weighted by Crippen LogP contribution is -2.32. The molecule has 98 valence electrons. The Kier molecular flexibility index (Phi) is 4.15. The molecule has 0 saturated carbocycles. The van der Waals surface area contributed by atoms with Gasteiger partial charge in [0.1, 0.15) is 5.69 Å². The van der Waals surface area contributed by atoms with Crippen molar-refractivity contribution in [1.82, 2.24) is 10.3 Å². The molecule has 0 aliphatic carbocycles. The monoisotopic (exact) mass is 249 g/mol. The van der Waals surface area contributed by atoms with E-state index in [2.05, 4.69) is 15.6 Å². The lowest BCUT2D eigenvalue weighted by Gasteiger charge is -2.14. The number of aromatic nitrogens is 1. The van der Waals surface area contributed by atoms with Crippen LogP contribution >= 0.6 is 0 Å². The minimum absolute atomic E-state index is 0.128. The summed E-state index contributed by atoms with van der Waals surface area (Å²) >= 11 is 0. The molecule has 0 aromatic carbocycles. The maximum atomic E-state index is 11.9. The molecule has 0 bridgehead atoms. The third-order valence-electron chi connectivity index (χ3n) is 3.34. The van der Waals surface area contributed by atoms with Gasteiger partial charge in [0.05, 0.1) is 18.0 Å². The molecule has 1 aromatic rings. The van der Waals surface area contributed by atoms with E-state index in [1.807, 2.05) is 20.0 Å². The highest BCUT2D eigenvalue weighted by Gasteiger charge is 2.24. The lowest BCUT2D eigenvalue weighted by molar-refractivity contribution is 0.0903. The van der Waals surface area contributed by atoms with E-state index in [9.17, 15) is 4.79 Å². The molecular formula is C13H19N3O2. The smallest absolute Gasteiger partial charge is 0.269 e. The van der Waals surface area contributed by atoms with Crippen molar-refractivity contribution in [1.29, 1.82) is 0 Å². The standard InChI is InChI=1S/C13H19N3O2/c1-9-10(5-6-18-9)7-16-13(17)12-4-3-11(14-2)8-15-12/h3-4,8-10,14H,5-7H2,1-2H3,(H,16,17). The van der Waals surface area contributed by atoms with Crippen LogP contribution in [0.25, 0.3) is 0 Å². The predicted octanol–water partition coefficient (Wildman–Crippen LogP) is 1.28. The number of ether oxygens (including phenoxy) is 1. The maximum absolute atomic E-state index is 11.9. The molecule has 0 radical (unpaired) electrons. The average Bonchev–Trinajstić information content (AvgIpc) is 2.81. The van der Waals surface area contributed by atoms with Crippen molar-refractivity contribution in [3.63, 3.8) is 0 Å². The zero-order valence-corrected chi connectivity index (χ0v) is 10.8. The Morgan fingerprint density at radius 3 is 2.94 bits per heavy atom. The van der Waals surface area contributed by atoms with Crippen LogP contribution in [0.2, 0.25) is 0 Å². The SMILES string of the molecule is CNc1ccc(C(=O)NCC2CCOC2C)nc1. The van der Waals surface area contributed by atoms with Crippen LogP contribution in [0.1, 0.15) is 23.8 Å². The summed E-state index contributed by atoms with van der Waals surface area (Å²) in [6.07, 6.45) is 2.88. The maximum Gasteiger partial charge on any atom is 0.269 e. The van der Waals surface area contributed by atoms with E-state index in [0.29, 0.717) is 18.2 Å². The average molecular weight is 249 g/mol. The van der Waals surface area contributed by atoms with E-state index < -0.39 is 0 Å². The zero-order valence-electron chi connectivity index (χ0n) is 10.8. The fourth-order valence-electron chi connectivity index (χ4n) is 2.03. The van der Waals surface area contributed by atoms with Gasteiger partial charge in [0.2, 0.25) is 0 Å². The highest BCUT2D eigenvalue weighted by Crippen LogP contribution is 2.19. The summed E-state index contributed by atoms with van der Waals surface area (Å²) in [5, 5.41) is 5.87. The van der Waals surface area contributed by atoms with E-state index in [1.54, 1.807) is 12.3 Å². The van der Waals surface area contributed by atoms with Crippen molar-refractivity contribution >= 4 is 11.6 Å². The fourth-order valence-corrected chi connectivity index (χ4v) is 2.03. The summed E-state index contributed by atoms with van der Waals surface area (Å²) in [6, 6.07) is 3.55. The van der Waals surface area contributed by atoms with E-state index >= 15 is 0 Å². The summed E-state index contributed by atoms with van der Waals surface area (Å²) in [4.78, 5) is 16.0. The quantitative estimate of drug-likeness (QED) is 0.843. The van der Waals surface area contributed by atoms with Gasteiger partial charge >= 0.3 is 0 Å². The van der Waals surface area contributed by atoms with E-state index in [0.717, 1.165) is 18.7 Å². The summed E-state index contributed by atoms with van der Waals surface area (Å²) in [6.45, 7) is 3.48. The van der Waals surface area contributed by atoms with Gasteiger partial charge in [0.25, 0.3) is 5.91 Å². The number of hydrogen-bond acceptors (Lipinski definition) is 4. The fraction of sp³-hybridized carbons (Fsp3) is 0.538. The van der Waals surface area contributed by atoms with Crippen molar-refractivity contribution in [2.24, 2.45) is 5.92 Å². The van der Waals surface area contributed by atoms with Gasteiger partial charge in [-0.3, -0.25) is 4.79 Å². The number of carbonyl (C=O) groups is 1. The Balaban J connectivity index is 1.87. The van der Waals surface area contributed by atoms with Crippen molar-refractivity contribution in [2.75, 3.05) is 25.5 Å². The number of nitrogens with one attached hydrogen (secondary N) is 2. The molecule has 1 aliphatic rings. The van der Waals surface area contributed by atoms with E-state index in [4.69, 9.17) is 4.74 Å². The number of nitrogens with zero attached hydrogens (tertiary/aromatic N) is 1. The van der Waals surface area contributed by atoms with Gasteiger partial charge in [-0.15, -0.1) is 0 Å². The van der Waals surface area contributed by atoms with Gasteiger partial charge in [0.15, 0.2) is 0 Å². The normalized spacial score (nSPS) is 22.8. The molecular weight excluding hydrogens is 230 g/mol. The highest BCUT2D eigenvalue weighted by atomic mass is 16.5. The predicted molar refractivity (Wildman–Crippen MR) is 69.6 cm³/mol. The first kappa shape index (κ1) is 12.8. The largest absolute Gasteiger partial charge is 0.387 e. The van der Waals surface area contributed by atoms with Crippen LogP contribution in [0.3, 0.4) is 0 Å². The first-order valence-electron chi connectivity index (χ1n) is 6.24. The van der Waals surface area contributed by atoms with Crippen LogP contribution in [0, 0.1) is 5.92 Å². The second-order valence-corrected chi connectivity index (χ2v) is 4.52. The Bertz CT molecular complexity index is 405. The van der Waals surface area contributed by atoms with Gasteiger partial charge in [-0.1, -0.05) is 0 Å². The van der Waals surface area contributed by atoms with Gasteiger partial charge in [-0.2, -0.15) is 0 Å². The highest BCUT2D eigenvalue weighted by molar-refractivity contribution is 5.92. The number of rotatable bonds is 4. The molecule has 2 heterocycles. The molecule has 5 heteroatoms. The molecule has 5 nitrogen and oxygen atoms in total. The number of hydrogen-bond donors (Lipinski definition) is 2. The number of carbonyl (C=O) groups excluding carboxylic acids is 1. The van der Waals surface area contributed by atoms with Crippen LogP contribution in [-0.2, 0) is 4.74 Å². The molecule has 1 aliphatic heterocycles. The second kappa shape index (κ2) is 5.82. The number of pyridine rings is 1. The van der Waals surface area contributed by atoms with Crippen LogP contribution in [0.15, 0.2) is 18.3 Å². The van der Waals surface area contributed by atoms with Crippen molar-refractivity contribution < 1.29 is 9.53 Å². The third kappa shape index (κ3) is 2.98. The van der Waals surface area contributed by atoms with Crippen LogP contribution in [-0.4, -0.2) is 37.2 Å². The van der Waals surface area contributed by atoms with Gasteiger partial charge in [0, 0.05) is 26.1 Å². The summed E-state index contributed by atoms with van der Waals surface area (Å²) < 4.78 is 5.46. The minimum atomic E-state index is -0.128. The zero-order chi connectivity index (χ0) is 13.0. The van der Waals surface area contributed by atoms with Crippen LogP contribution in [0.5, 0.6) is 0 Å². The summed E-state index contributed by atoms with van der Waals surface area (Å²) in [5.74, 6) is 0.280. The molecule has 1 fully saturated rings. The lowest BCUT2D eigenvalue weighted by atomic mass is 10.0. The number of amides is 1.